The SMILES string of the molecule is Cc1onc(CCc2cccc(C(F)(F)F)c2)c1C(=O)Cl. The smallest absolute Gasteiger partial charge is 0.361 e. The Kier molecular flexibility index (Phi) is 4.37. The van der Waals surface area contributed by atoms with Gasteiger partial charge >= 0.3 is 6.18 Å². The summed E-state index contributed by atoms with van der Waals surface area (Å²) in [5.74, 6) is 0.300. The van der Waals surface area contributed by atoms with Crippen LogP contribution >= 0.6 is 11.6 Å². The van der Waals surface area contributed by atoms with Gasteiger partial charge in [0.2, 0.25) is 0 Å². The van der Waals surface area contributed by atoms with Gasteiger partial charge in [-0.3, -0.25) is 4.79 Å². The lowest BCUT2D eigenvalue weighted by Gasteiger charge is -2.08. The quantitative estimate of drug-likeness (QED) is 0.795. The number of benzene rings is 1. The molecule has 112 valence electrons. The topological polar surface area (TPSA) is 43.1 Å². The van der Waals surface area contributed by atoms with Gasteiger partial charge in [0, 0.05) is 0 Å². The van der Waals surface area contributed by atoms with Crippen LogP contribution in [0.4, 0.5) is 13.2 Å². The maximum atomic E-state index is 12.6. The predicted molar refractivity (Wildman–Crippen MR) is 70.3 cm³/mol. The lowest BCUT2D eigenvalue weighted by molar-refractivity contribution is -0.137. The fourth-order valence-electron chi connectivity index (χ4n) is 2.01. The van der Waals surface area contributed by atoms with Crippen LogP contribution in [0.25, 0.3) is 0 Å². The lowest BCUT2D eigenvalue weighted by atomic mass is 10.0. The van der Waals surface area contributed by atoms with Crippen LogP contribution < -0.4 is 0 Å². The van der Waals surface area contributed by atoms with Crippen molar-refractivity contribution in [1.29, 1.82) is 0 Å². The minimum atomic E-state index is -4.38. The number of aromatic nitrogens is 1. The minimum absolute atomic E-state index is 0.184. The maximum absolute atomic E-state index is 12.6. The van der Waals surface area contributed by atoms with Gasteiger partial charge in [0.15, 0.2) is 0 Å². The van der Waals surface area contributed by atoms with E-state index in [0.29, 0.717) is 23.4 Å². The van der Waals surface area contributed by atoms with Gasteiger partial charge in [-0.15, -0.1) is 0 Å². The summed E-state index contributed by atoms with van der Waals surface area (Å²) < 4.78 is 42.7. The molecular formula is C14H11ClF3NO2. The number of hydrogen-bond acceptors (Lipinski definition) is 3. The molecule has 1 aromatic heterocycles. The lowest BCUT2D eigenvalue weighted by Crippen LogP contribution is -2.06. The second-order valence-corrected chi connectivity index (χ2v) is 4.88. The zero-order valence-corrected chi connectivity index (χ0v) is 11.8. The number of carbonyl (C=O) groups excluding carboxylic acids is 1. The van der Waals surface area contributed by atoms with Crippen LogP contribution in [0.15, 0.2) is 28.8 Å². The molecule has 1 heterocycles. The van der Waals surface area contributed by atoms with E-state index in [1.54, 1.807) is 13.0 Å². The summed E-state index contributed by atoms with van der Waals surface area (Å²) in [4.78, 5) is 11.3. The highest BCUT2D eigenvalue weighted by molar-refractivity contribution is 6.68. The molecule has 0 aliphatic rings. The molecule has 0 saturated heterocycles. The normalized spacial score (nSPS) is 11.7. The number of aryl methyl sites for hydroxylation is 3. The zero-order chi connectivity index (χ0) is 15.6. The third-order valence-electron chi connectivity index (χ3n) is 3.03. The van der Waals surface area contributed by atoms with Crippen molar-refractivity contribution in [3.63, 3.8) is 0 Å². The monoisotopic (exact) mass is 317 g/mol. The first kappa shape index (κ1) is 15.6. The molecule has 0 saturated carbocycles. The third kappa shape index (κ3) is 3.64. The summed E-state index contributed by atoms with van der Waals surface area (Å²) in [7, 11) is 0. The molecule has 7 heteroatoms. The first-order chi connectivity index (χ1) is 9.79. The number of rotatable bonds is 4. The molecule has 0 radical (unpaired) electrons. The maximum Gasteiger partial charge on any atom is 0.416 e. The molecule has 1 aromatic carbocycles. The summed E-state index contributed by atoms with van der Waals surface area (Å²) in [5.41, 5.74) is 0.331. The standard InChI is InChI=1S/C14H11ClF3NO2/c1-8-12(13(15)20)11(19-21-8)6-5-9-3-2-4-10(7-9)14(16,17)18/h2-4,7H,5-6H2,1H3. The fourth-order valence-corrected chi connectivity index (χ4v) is 2.25. The largest absolute Gasteiger partial charge is 0.416 e. The van der Waals surface area contributed by atoms with Crippen molar-refractivity contribution < 1.29 is 22.5 Å². The molecule has 2 aromatic rings. The Morgan fingerprint density at radius 1 is 1.33 bits per heavy atom. The molecule has 0 aliphatic heterocycles. The van der Waals surface area contributed by atoms with Crippen molar-refractivity contribution in [1.82, 2.24) is 5.16 Å². The Morgan fingerprint density at radius 3 is 2.67 bits per heavy atom. The van der Waals surface area contributed by atoms with Crippen molar-refractivity contribution in [3.05, 3.63) is 52.4 Å². The summed E-state index contributed by atoms with van der Waals surface area (Å²) in [5, 5.41) is 3.03. The summed E-state index contributed by atoms with van der Waals surface area (Å²) in [6, 6.07) is 5.02. The molecule has 0 amide bonds. The molecule has 0 fully saturated rings. The summed E-state index contributed by atoms with van der Waals surface area (Å²) >= 11 is 5.43. The van der Waals surface area contributed by atoms with Crippen LogP contribution in [0, 0.1) is 6.92 Å². The molecule has 0 N–H and O–H groups in total. The van der Waals surface area contributed by atoms with Gasteiger partial charge in [-0.25, -0.2) is 0 Å². The van der Waals surface area contributed by atoms with Crippen LogP contribution in [0.5, 0.6) is 0 Å². The third-order valence-corrected chi connectivity index (χ3v) is 3.22. The van der Waals surface area contributed by atoms with E-state index in [1.165, 1.54) is 6.07 Å². The fraction of sp³-hybridized carbons (Fsp3) is 0.286. The average molecular weight is 318 g/mol. The van der Waals surface area contributed by atoms with E-state index in [1.807, 2.05) is 0 Å². The van der Waals surface area contributed by atoms with Crippen molar-refractivity contribution in [2.45, 2.75) is 25.9 Å². The van der Waals surface area contributed by atoms with Crippen molar-refractivity contribution in [3.8, 4) is 0 Å². The van der Waals surface area contributed by atoms with Crippen LogP contribution in [0.2, 0.25) is 0 Å². The van der Waals surface area contributed by atoms with Crippen LogP contribution in [-0.2, 0) is 19.0 Å². The Labute approximate surface area is 123 Å². The van der Waals surface area contributed by atoms with E-state index in [2.05, 4.69) is 5.16 Å². The number of halogens is 4. The molecule has 21 heavy (non-hydrogen) atoms. The first-order valence-electron chi connectivity index (χ1n) is 6.10. The highest BCUT2D eigenvalue weighted by atomic mass is 35.5. The van der Waals surface area contributed by atoms with Crippen LogP contribution in [0.3, 0.4) is 0 Å². The Bertz CT molecular complexity index is 664. The Hall–Kier alpha value is -1.82. The van der Waals surface area contributed by atoms with Gasteiger partial charge in [-0.1, -0.05) is 23.4 Å². The molecule has 0 unspecified atom stereocenters. The highest BCUT2D eigenvalue weighted by Crippen LogP contribution is 2.29. The molecule has 0 atom stereocenters. The Morgan fingerprint density at radius 2 is 2.05 bits per heavy atom. The predicted octanol–water partition coefficient (Wildman–Crippen LogP) is 4.17. The van der Waals surface area contributed by atoms with Crippen LogP contribution in [-0.4, -0.2) is 10.4 Å². The van der Waals surface area contributed by atoms with Gasteiger partial charge in [0.05, 0.1) is 16.8 Å². The second kappa shape index (κ2) is 5.89. The van der Waals surface area contributed by atoms with Crippen LogP contribution in [0.1, 0.15) is 32.9 Å². The van der Waals surface area contributed by atoms with Gasteiger partial charge < -0.3 is 4.52 Å². The van der Waals surface area contributed by atoms with E-state index < -0.39 is 17.0 Å². The van der Waals surface area contributed by atoms with E-state index in [4.69, 9.17) is 16.1 Å². The molecular weight excluding hydrogens is 307 g/mol. The number of nitrogens with zero attached hydrogens (tertiary/aromatic N) is 1. The van der Waals surface area contributed by atoms with Crippen molar-refractivity contribution >= 4 is 16.8 Å². The van der Waals surface area contributed by atoms with E-state index >= 15 is 0 Å². The summed E-state index contributed by atoms with van der Waals surface area (Å²) in [6.07, 6.45) is -3.81. The molecule has 2 rings (SSSR count). The Balaban J connectivity index is 2.16. The number of hydrogen-bond donors (Lipinski definition) is 0. The van der Waals surface area contributed by atoms with Crippen molar-refractivity contribution in [2.24, 2.45) is 0 Å². The molecule has 0 bridgehead atoms. The summed E-state index contributed by atoms with van der Waals surface area (Å²) in [6.45, 7) is 1.55. The van der Waals surface area contributed by atoms with Gasteiger partial charge in [0.25, 0.3) is 5.24 Å². The van der Waals surface area contributed by atoms with Gasteiger partial charge in [0.1, 0.15) is 5.76 Å². The van der Waals surface area contributed by atoms with Gasteiger partial charge in [-0.2, -0.15) is 13.2 Å². The average Bonchev–Trinajstić information content (AvgIpc) is 2.77. The second-order valence-electron chi connectivity index (χ2n) is 4.53. The molecule has 0 spiro atoms. The first-order valence-corrected chi connectivity index (χ1v) is 6.48. The number of alkyl halides is 3. The van der Waals surface area contributed by atoms with E-state index in [9.17, 15) is 18.0 Å². The molecule has 3 nitrogen and oxygen atoms in total. The van der Waals surface area contributed by atoms with E-state index in [-0.39, 0.29) is 12.0 Å². The zero-order valence-electron chi connectivity index (χ0n) is 11.0. The minimum Gasteiger partial charge on any atom is -0.361 e. The number of carbonyl (C=O) groups is 1. The highest BCUT2D eigenvalue weighted by Gasteiger charge is 2.30. The van der Waals surface area contributed by atoms with E-state index in [0.717, 1.165) is 12.1 Å². The van der Waals surface area contributed by atoms with Gasteiger partial charge in [-0.05, 0) is 43.0 Å². The van der Waals surface area contributed by atoms with Crippen molar-refractivity contribution in [2.75, 3.05) is 0 Å². The molecule has 0 aliphatic carbocycles.